The Labute approximate surface area is 124 Å². The number of aromatic nitrogens is 4. The van der Waals surface area contributed by atoms with Crippen LogP contribution in [0.25, 0.3) is 21.7 Å². The first-order valence-corrected chi connectivity index (χ1v) is 7.23. The van der Waals surface area contributed by atoms with E-state index < -0.39 is 0 Å². The molecule has 0 atom stereocenters. The van der Waals surface area contributed by atoms with E-state index >= 15 is 0 Å². The van der Waals surface area contributed by atoms with E-state index in [1.165, 1.54) is 11.2 Å². The van der Waals surface area contributed by atoms with E-state index in [0.29, 0.717) is 22.6 Å². The summed E-state index contributed by atoms with van der Waals surface area (Å²) in [7, 11) is 1.55. The van der Waals surface area contributed by atoms with Gasteiger partial charge in [0.15, 0.2) is 5.82 Å². The average molecular weight is 307 g/mol. The summed E-state index contributed by atoms with van der Waals surface area (Å²) in [6.07, 6.45) is 2.37. The summed E-state index contributed by atoms with van der Waals surface area (Å²) in [5, 5.41) is 1.33. The molecule has 7 heteroatoms. The SMILES string of the molecule is CCc1cc2c(Cl)nc(-c3cc(OC)ncn3)nc2s1. The number of ether oxygens (including phenoxy) is 1. The number of fused-ring (bicyclic) bond motifs is 1. The molecule has 3 aromatic rings. The highest BCUT2D eigenvalue weighted by Gasteiger charge is 2.12. The monoisotopic (exact) mass is 306 g/mol. The van der Waals surface area contributed by atoms with Crippen molar-refractivity contribution in [2.24, 2.45) is 0 Å². The maximum Gasteiger partial charge on any atom is 0.216 e. The lowest BCUT2D eigenvalue weighted by Crippen LogP contribution is -1.95. The third-order valence-electron chi connectivity index (χ3n) is 2.83. The maximum atomic E-state index is 6.24. The van der Waals surface area contributed by atoms with Gasteiger partial charge in [-0.05, 0) is 12.5 Å². The van der Waals surface area contributed by atoms with Crippen LogP contribution < -0.4 is 4.74 Å². The van der Waals surface area contributed by atoms with Gasteiger partial charge < -0.3 is 4.74 Å². The zero-order valence-electron chi connectivity index (χ0n) is 10.9. The molecule has 0 amide bonds. The van der Waals surface area contributed by atoms with Gasteiger partial charge in [0.05, 0.1) is 7.11 Å². The number of aryl methyl sites for hydroxylation is 1. The highest BCUT2D eigenvalue weighted by molar-refractivity contribution is 7.18. The Hall–Kier alpha value is -1.79. The van der Waals surface area contributed by atoms with Gasteiger partial charge in [-0.15, -0.1) is 11.3 Å². The van der Waals surface area contributed by atoms with Gasteiger partial charge in [0.2, 0.25) is 5.88 Å². The van der Waals surface area contributed by atoms with Crippen LogP contribution in [0.5, 0.6) is 5.88 Å². The standard InChI is InChI=1S/C13H11ClN4OS/c1-3-7-4-8-11(14)17-12(18-13(8)20-7)9-5-10(19-2)16-6-15-9/h4-6H,3H2,1-2H3. The van der Waals surface area contributed by atoms with Crippen molar-refractivity contribution in [3.63, 3.8) is 0 Å². The van der Waals surface area contributed by atoms with E-state index in [9.17, 15) is 0 Å². The minimum absolute atomic E-state index is 0.443. The van der Waals surface area contributed by atoms with Crippen molar-refractivity contribution in [1.29, 1.82) is 0 Å². The van der Waals surface area contributed by atoms with Gasteiger partial charge in [-0.25, -0.2) is 19.9 Å². The predicted octanol–water partition coefficient (Wildman–Crippen LogP) is 3.37. The van der Waals surface area contributed by atoms with Crippen molar-refractivity contribution in [1.82, 2.24) is 19.9 Å². The summed E-state index contributed by atoms with van der Waals surface area (Å²) in [6.45, 7) is 2.10. The molecule has 0 aliphatic rings. The molecular weight excluding hydrogens is 296 g/mol. The van der Waals surface area contributed by atoms with Crippen LogP contribution in [-0.4, -0.2) is 27.0 Å². The Kier molecular flexibility index (Phi) is 3.50. The van der Waals surface area contributed by atoms with Crippen LogP contribution in [0.4, 0.5) is 0 Å². The first-order chi connectivity index (χ1) is 9.71. The fraction of sp³-hybridized carbons (Fsp3) is 0.231. The molecule has 0 radical (unpaired) electrons. The number of hydrogen-bond donors (Lipinski definition) is 0. The van der Waals surface area contributed by atoms with Gasteiger partial charge in [-0.2, -0.15) is 0 Å². The minimum Gasteiger partial charge on any atom is -0.481 e. The minimum atomic E-state index is 0.443. The van der Waals surface area contributed by atoms with E-state index in [1.54, 1.807) is 24.5 Å². The van der Waals surface area contributed by atoms with E-state index in [0.717, 1.165) is 16.6 Å². The second-order valence-electron chi connectivity index (χ2n) is 4.07. The Morgan fingerprint density at radius 1 is 1.25 bits per heavy atom. The number of halogens is 1. The molecule has 0 saturated heterocycles. The molecule has 3 heterocycles. The van der Waals surface area contributed by atoms with Gasteiger partial charge in [0.1, 0.15) is 22.0 Å². The summed E-state index contributed by atoms with van der Waals surface area (Å²) in [4.78, 5) is 19.1. The molecule has 5 nitrogen and oxygen atoms in total. The summed E-state index contributed by atoms with van der Waals surface area (Å²) in [5.41, 5.74) is 0.590. The zero-order valence-corrected chi connectivity index (χ0v) is 12.5. The van der Waals surface area contributed by atoms with Crippen LogP contribution in [0, 0.1) is 0 Å². The molecule has 3 rings (SSSR count). The Balaban J connectivity index is 2.15. The van der Waals surface area contributed by atoms with Crippen LogP contribution in [0.2, 0.25) is 5.15 Å². The summed E-state index contributed by atoms with van der Waals surface area (Å²) < 4.78 is 5.08. The zero-order chi connectivity index (χ0) is 14.1. The molecule has 0 aliphatic carbocycles. The first kappa shape index (κ1) is 13.2. The Bertz CT molecular complexity index is 774. The third-order valence-corrected chi connectivity index (χ3v) is 4.29. The van der Waals surface area contributed by atoms with Crippen molar-refractivity contribution in [3.05, 3.63) is 28.5 Å². The van der Waals surface area contributed by atoms with Crippen molar-refractivity contribution >= 4 is 33.2 Å². The van der Waals surface area contributed by atoms with Crippen molar-refractivity contribution < 1.29 is 4.74 Å². The molecular formula is C13H11ClN4OS. The van der Waals surface area contributed by atoms with Crippen LogP contribution in [0.3, 0.4) is 0 Å². The Morgan fingerprint density at radius 2 is 2.10 bits per heavy atom. The first-order valence-electron chi connectivity index (χ1n) is 6.03. The largest absolute Gasteiger partial charge is 0.481 e. The summed E-state index contributed by atoms with van der Waals surface area (Å²) in [5.74, 6) is 0.947. The molecule has 0 N–H and O–H groups in total. The molecule has 20 heavy (non-hydrogen) atoms. The lowest BCUT2D eigenvalue weighted by molar-refractivity contribution is 0.397. The highest BCUT2D eigenvalue weighted by atomic mass is 35.5. The van der Waals surface area contributed by atoms with Crippen LogP contribution in [0.15, 0.2) is 18.5 Å². The van der Waals surface area contributed by atoms with Crippen LogP contribution >= 0.6 is 22.9 Å². The van der Waals surface area contributed by atoms with Crippen LogP contribution in [-0.2, 0) is 6.42 Å². The third kappa shape index (κ3) is 2.32. The molecule has 0 unspecified atom stereocenters. The fourth-order valence-corrected chi connectivity index (χ4v) is 3.05. The lowest BCUT2D eigenvalue weighted by Gasteiger charge is -2.02. The number of rotatable bonds is 3. The Morgan fingerprint density at radius 3 is 2.85 bits per heavy atom. The second-order valence-corrected chi connectivity index (χ2v) is 5.54. The average Bonchev–Trinajstić information content (AvgIpc) is 2.91. The molecule has 102 valence electrons. The fourth-order valence-electron chi connectivity index (χ4n) is 1.80. The van der Waals surface area contributed by atoms with Gasteiger partial charge >= 0.3 is 0 Å². The topological polar surface area (TPSA) is 60.8 Å². The molecule has 0 aliphatic heterocycles. The number of nitrogens with zero attached hydrogens (tertiary/aromatic N) is 4. The smallest absolute Gasteiger partial charge is 0.216 e. The van der Waals surface area contributed by atoms with E-state index in [1.807, 2.05) is 6.07 Å². The number of thiophene rings is 1. The quantitative estimate of drug-likeness (QED) is 0.694. The van der Waals surface area contributed by atoms with Crippen LogP contribution in [0.1, 0.15) is 11.8 Å². The van der Waals surface area contributed by atoms with Crippen molar-refractivity contribution in [2.45, 2.75) is 13.3 Å². The van der Waals surface area contributed by atoms with Gasteiger partial charge in [-0.3, -0.25) is 0 Å². The summed E-state index contributed by atoms with van der Waals surface area (Å²) in [6, 6.07) is 3.72. The lowest BCUT2D eigenvalue weighted by atomic mass is 10.3. The number of hydrogen-bond acceptors (Lipinski definition) is 6. The predicted molar refractivity (Wildman–Crippen MR) is 79.4 cm³/mol. The molecule has 0 bridgehead atoms. The van der Waals surface area contributed by atoms with Gasteiger partial charge in [0, 0.05) is 16.3 Å². The maximum absolute atomic E-state index is 6.24. The molecule has 3 aromatic heterocycles. The van der Waals surface area contributed by atoms with E-state index in [-0.39, 0.29) is 0 Å². The van der Waals surface area contributed by atoms with Crippen molar-refractivity contribution in [2.75, 3.05) is 7.11 Å². The molecule has 0 aromatic carbocycles. The molecule has 0 spiro atoms. The highest BCUT2D eigenvalue weighted by Crippen LogP contribution is 2.31. The molecule has 0 saturated carbocycles. The van der Waals surface area contributed by atoms with Gasteiger partial charge in [0.25, 0.3) is 0 Å². The second kappa shape index (κ2) is 5.30. The van der Waals surface area contributed by atoms with Crippen molar-refractivity contribution in [3.8, 4) is 17.4 Å². The van der Waals surface area contributed by atoms with E-state index in [4.69, 9.17) is 16.3 Å². The van der Waals surface area contributed by atoms with Gasteiger partial charge in [-0.1, -0.05) is 18.5 Å². The summed E-state index contributed by atoms with van der Waals surface area (Å²) >= 11 is 7.86. The van der Waals surface area contributed by atoms with E-state index in [2.05, 4.69) is 26.9 Å². The molecule has 0 fully saturated rings. The normalized spacial score (nSPS) is 10.9. The number of methoxy groups -OCH3 is 1.